The van der Waals surface area contributed by atoms with Gasteiger partial charge in [0.1, 0.15) is 0 Å². The maximum Gasteiger partial charge on any atom is 0.270 e. The second-order valence-electron chi connectivity index (χ2n) is 6.13. The summed E-state index contributed by atoms with van der Waals surface area (Å²) in [5, 5.41) is 0. The van der Waals surface area contributed by atoms with Crippen molar-refractivity contribution in [2.45, 2.75) is 38.9 Å². The highest BCUT2D eigenvalue weighted by Gasteiger charge is 2.32. The minimum absolute atomic E-state index is 0.0714. The third-order valence-corrected chi connectivity index (χ3v) is 6.47. The average molecular weight is 354 g/mol. The molecule has 1 aliphatic heterocycles. The quantitative estimate of drug-likeness (QED) is 0.746. The molecule has 0 unspecified atom stereocenters. The summed E-state index contributed by atoms with van der Waals surface area (Å²) in [6.07, 6.45) is 2.82. The van der Waals surface area contributed by atoms with Crippen molar-refractivity contribution in [2.24, 2.45) is 0 Å². The number of aromatic nitrogens is 1. The SMILES string of the molecule is CCCCN(Cn1c(=S)oc2ccccc21)[C@@H]1CCS(=O)(=O)C1. The molecule has 7 heteroatoms. The fourth-order valence-corrected chi connectivity index (χ4v) is 5.13. The molecule has 1 aromatic carbocycles. The van der Waals surface area contributed by atoms with E-state index >= 15 is 0 Å². The molecular formula is C16H22N2O3S2. The predicted octanol–water partition coefficient (Wildman–Crippen LogP) is 3.21. The van der Waals surface area contributed by atoms with Gasteiger partial charge < -0.3 is 4.42 Å². The summed E-state index contributed by atoms with van der Waals surface area (Å²) in [5.41, 5.74) is 1.73. The van der Waals surface area contributed by atoms with Gasteiger partial charge in [-0.25, -0.2) is 8.42 Å². The molecule has 0 radical (unpaired) electrons. The van der Waals surface area contributed by atoms with Gasteiger partial charge in [0.05, 0.1) is 23.7 Å². The fraction of sp³-hybridized carbons (Fsp3) is 0.562. The standard InChI is InChI=1S/C16H22N2O3S2/c1-2-3-9-17(13-8-10-23(19,20)11-13)12-18-14-6-4-5-7-15(14)21-16(18)22/h4-7,13H,2-3,8-12H2,1H3/t13-/m1/s1. The average Bonchev–Trinajstić information content (AvgIpc) is 3.03. The summed E-state index contributed by atoms with van der Waals surface area (Å²) in [7, 11) is -2.90. The molecule has 0 N–H and O–H groups in total. The van der Waals surface area contributed by atoms with Gasteiger partial charge in [-0.2, -0.15) is 0 Å². The highest BCUT2D eigenvalue weighted by Crippen LogP contribution is 2.22. The topological polar surface area (TPSA) is 55.5 Å². The van der Waals surface area contributed by atoms with Crippen LogP contribution in [0.3, 0.4) is 0 Å². The predicted molar refractivity (Wildman–Crippen MR) is 93.7 cm³/mol. The van der Waals surface area contributed by atoms with Gasteiger partial charge in [0.2, 0.25) is 0 Å². The molecule has 0 aliphatic carbocycles. The Balaban J connectivity index is 1.88. The van der Waals surface area contributed by atoms with Crippen molar-refractivity contribution in [3.8, 4) is 0 Å². The van der Waals surface area contributed by atoms with Crippen LogP contribution in [-0.2, 0) is 16.5 Å². The van der Waals surface area contributed by atoms with Crippen LogP contribution in [0.25, 0.3) is 11.1 Å². The van der Waals surface area contributed by atoms with Crippen molar-refractivity contribution < 1.29 is 12.8 Å². The molecule has 0 amide bonds. The second kappa shape index (κ2) is 6.75. The Bertz CT molecular complexity index is 838. The van der Waals surface area contributed by atoms with Crippen molar-refractivity contribution in [2.75, 3.05) is 18.1 Å². The van der Waals surface area contributed by atoms with Gasteiger partial charge in [0.15, 0.2) is 15.4 Å². The molecule has 1 aromatic heterocycles. The summed E-state index contributed by atoms with van der Waals surface area (Å²) in [6.45, 7) is 3.59. The Morgan fingerprint density at radius 2 is 2.17 bits per heavy atom. The molecule has 23 heavy (non-hydrogen) atoms. The molecule has 3 rings (SSSR count). The molecule has 126 valence electrons. The van der Waals surface area contributed by atoms with Crippen LogP contribution in [0.1, 0.15) is 26.2 Å². The highest BCUT2D eigenvalue weighted by atomic mass is 32.2. The lowest BCUT2D eigenvalue weighted by Crippen LogP contribution is -2.38. The first-order valence-corrected chi connectivity index (χ1v) is 10.3. The number of sulfone groups is 1. The summed E-state index contributed by atoms with van der Waals surface area (Å²) in [4.78, 5) is 2.68. The third-order valence-electron chi connectivity index (χ3n) is 4.42. The molecule has 2 aromatic rings. The van der Waals surface area contributed by atoms with E-state index in [1.165, 1.54) is 0 Å². The molecule has 0 bridgehead atoms. The molecule has 5 nitrogen and oxygen atoms in total. The van der Waals surface area contributed by atoms with Gasteiger partial charge in [-0.1, -0.05) is 25.5 Å². The van der Waals surface area contributed by atoms with Crippen LogP contribution in [0.5, 0.6) is 0 Å². The monoisotopic (exact) mass is 354 g/mol. The Morgan fingerprint density at radius 3 is 2.87 bits per heavy atom. The van der Waals surface area contributed by atoms with Crippen molar-refractivity contribution in [3.63, 3.8) is 0 Å². The zero-order chi connectivity index (χ0) is 16.4. The lowest BCUT2D eigenvalue weighted by molar-refractivity contribution is 0.161. The van der Waals surface area contributed by atoms with Crippen LogP contribution in [0.4, 0.5) is 0 Å². The van der Waals surface area contributed by atoms with E-state index in [0.717, 1.165) is 30.5 Å². The van der Waals surface area contributed by atoms with Gasteiger partial charge in [-0.3, -0.25) is 9.47 Å². The zero-order valence-corrected chi connectivity index (χ0v) is 14.9. The summed E-state index contributed by atoms with van der Waals surface area (Å²) in [6, 6.07) is 7.83. The van der Waals surface area contributed by atoms with Crippen LogP contribution in [-0.4, -0.2) is 42.0 Å². The summed E-state index contributed by atoms with van der Waals surface area (Å²) >= 11 is 5.35. The van der Waals surface area contributed by atoms with Gasteiger partial charge in [0, 0.05) is 12.6 Å². The maximum atomic E-state index is 11.8. The smallest absolute Gasteiger partial charge is 0.270 e. The van der Waals surface area contributed by atoms with Gasteiger partial charge in [-0.05, 0) is 37.2 Å². The van der Waals surface area contributed by atoms with Crippen LogP contribution in [0.15, 0.2) is 28.7 Å². The number of nitrogens with zero attached hydrogens (tertiary/aromatic N) is 2. The second-order valence-corrected chi connectivity index (χ2v) is 8.71. The molecule has 1 aliphatic rings. The van der Waals surface area contributed by atoms with Gasteiger partial charge in [0.25, 0.3) is 4.84 Å². The minimum atomic E-state index is -2.90. The first kappa shape index (κ1) is 16.7. The van der Waals surface area contributed by atoms with Crippen molar-refractivity contribution in [1.29, 1.82) is 0 Å². The lowest BCUT2D eigenvalue weighted by atomic mass is 10.2. The Morgan fingerprint density at radius 1 is 1.39 bits per heavy atom. The van der Waals surface area contributed by atoms with E-state index in [9.17, 15) is 8.42 Å². The number of para-hydroxylation sites is 2. The van der Waals surface area contributed by atoms with Gasteiger partial charge >= 0.3 is 0 Å². The minimum Gasteiger partial charge on any atom is -0.429 e. The number of benzene rings is 1. The fourth-order valence-electron chi connectivity index (χ4n) is 3.12. The van der Waals surface area contributed by atoms with E-state index in [4.69, 9.17) is 16.6 Å². The number of rotatable bonds is 6. The van der Waals surface area contributed by atoms with E-state index in [1.54, 1.807) is 0 Å². The largest absolute Gasteiger partial charge is 0.429 e. The molecule has 2 heterocycles. The van der Waals surface area contributed by atoms with Crippen molar-refractivity contribution >= 4 is 33.2 Å². The molecule has 1 saturated heterocycles. The first-order chi connectivity index (χ1) is 11.0. The van der Waals surface area contributed by atoms with Crippen LogP contribution in [0.2, 0.25) is 0 Å². The molecule has 1 fully saturated rings. The van der Waals surface area contributed by atoms with Gasteiger partial charge in [-0.15, -0.1) is 0 Å². The van der Waals surface area contributed by atoms with Crippen molar-refractivity contribution in [3.05, 3.63) is 29.1 Å². The number of oxazole rings is 1. The molecular weight excluding hydrogens is 332 g/mol. The molecule has 0 saturated carbocycles. The van der Waals surface area contributed by atoms with E-state index in [-0.39, 0.29) is 17.5 Å². The molecule has 1 atom stereocenters. The van der Waals surface area contributed by atoms with Crippen molar-refractivity contribution in [1.82, 2.24) is 9.47 Å². The van der Waals surface area contributed by atoms with Crippen LogP contribution in [0, 0.1) is 4.84 Å². The van der Waals surface area contributed by atoms with E-state index in [1.807, 2.05) is 28.8 Å². The number of hydrogen-bond donors (Lipinski definition) is 0. The van der Waals surface area contributed by atoms with E-state index in [2.05, 4.69) is 11.8 Å². The number of fused-ring (bicyclic) bond motifs is 1. The Labute approximate surface area is 141 Å². The zero-order valence-electron chi connectivity index (χ0n) is 13.3. The normalized spacial score (nSPS) is 20.5. The lowest BCUT2D eigenvalue weighted by Gasteiger charge is -2.28. The molecule has 0 spiro atoms. The maximum absolute atomic E-state index is 11.8. The first-order valence-electron chi connectivity index (χ1n) is 8.03. The summed E-state index contributed by atoms with van der Waals surface area (Å²) < 4.78 is 31.3. The van der Waals surface area contributed by atoms with Crippen LogP contribution < -0.4 is 0 Å². The van der Waals surface area contributed by atoms with E-state index in [0.29, 0.717) is 17.9 Å². The van der Waals surface area contributed by atoms with Crippen LogP contribution >= 0.6 is 12.2 Å². The highest BCUT2D eigenvalue weighted by molar-refractivity contribution is 7.91. The Kier molecular flexibility index (Phi) is 4.89. The number of unbranched alkanes of at least 4 members (excludes halogenated alkanes) is 1. The number of hydrogen-bond acceptors (Lipinski definition) is 5. The Hall–Kier alpha value is -1.18. The summed E-state index contributed by atoms with van der Waals surface area (Å²) in [5.74, 6) is 0.539. The third kappa shape index (κ3) is 3.67. The van der Waals surface area contributed by atoms with E-state index < -0.39 is 9.84 Å².